The first-order chi connectivity index (χ1) is 14.7. The standard InChI is InChI=1S/C23H26N4O3/c1-26(17-18-7-9-20(10-8-18)27-13-15-29-16-14-27)22(28)12-11-21-24-25-23(30-21)19-5-3-2-4-6-19/h2-10H,11-17H2,1H3. The molecule has 0 bridgehead atoms. The van der Waals surface area contributed by atoms with Crippen molar-refractivity contribution < 1.29 is 13.9 Å². The zero-order chi connectivity index (χ0) is 20.8. The molecule has 1 aromatic heterocycles. The van der Waals surface area contributed by atoms with E-state index in [2.05, 4.69) is 39.4 Å². The number of ether oxygens (including phenoxy) is 1. The average molecular weight is 406 g/mol. The van der Waals surface area contributed by atoms with Gasteiger partial charge in [-0.25, -0.2) is 0 Å². The quantitative estimate of drug-likeness (QED) is 0.600. The second-order valence-corrected chi connectivity index (χ2v) is 7.38. The maximum absolute atomic E-state index is 12.5. The van der Waals surface area contributed by atoms with Crippen LogP contribution in [0.1, 0.15) is 17.9 Å². The van der Waals surface area contributed by atoms with Crippen LogP contribution in [-0.4, -0.2) is 54.4 Å². The van der Waals surface area contributed by atoms with Crippen LogP contribution < -0.4 is 4.90 Å². The topological polar surface area (TPSA) is 71.7 Å². The van der Waals surface area contributed by atoms with Gasteiger partial charge >= 0.3 is 0 Å². The molecular weight excluding hydrogens is 380 g/mol. The number of aryl methyl sites for hydroxylation is 1. The van der Waals surface area contributed by atoms with Gasteiger partial charge in [0.1, 0.15) is 0 Å². The minimum absolute atomic E-state index is 0.0479. The molecule has 0 aliphatic carbocycles. The number of aromatic nitrogens is 2. The smallest absolute Gasteiger partial charge is 0.247 e. The molecule has 1 aliphatic rings. The third-order valence-electron chi connectivity index (χ3n) is 5.20. The third-order valence-corrected chi connectivity index (χ3v) is 5.20. The molecule has 0 atom stereocenters. The van der Waals surface area contributed by atoms with E-state index in [9.17, 15) is 4.79 Å². The van der Waals surface area contributed by atoms with Crippen LogP contribution in [0.4, 0.5) is 5.69 Å². The lowest BCUT2D eigenvalue weighted by Gasteiger charge is -2.29. The van der Waals surface area contributed by atoms with Crippen molar-refractivity contribution in [3.05, 3.63) is 66.1 Å². The lowest BCUT2D eigenvalue weighted by Crippen LogP contribution is -2.36. The van der Waals surface area contributed by atoms with Crippen molar-refractivity contribution in [2.45, 2.75) is 19.4 Å². The largest absolute Gasteiger partial charge is 0.421 e. The van der Waals surface area contributed by atoms with Crippen LogP contribution in [0, 0.1) is 0 Å². The molecule has 0 radical (unpaired) electrons. The number of amides is 1. The molecule has 4 rings (SSSR count). The highest BCUT2D eigenvalue weighted by Crippen LogP contribution is 2.19. The summed E-state index contributed by atoms with van der Waals surface area (Å²) in [5.74, 6) is 1.00. The van der Waals surface area contributed by atoms with E-state index in [1.54, 1.807) is 4.90 Å². The summed E-state index contributed by atoms with van der Waals surface area (Å²) in [6, 6.07) is 18.0. The Morgan fingerprint density at radius 2 is 1.77 bits per heavy atom. The first kappa shape index (κ1) is 20.1. The number of carbonyl (C=O) groups excluding carboxylic acids is 1. The van der Waals surface area contributed by atoms with Gasteiger partial charge in [-0.05, 0) is 29.8 Å². The molecule has 1 aliphatic heterocycles. The maximum Gasteiger partial charge on any atom is 0.247 e. The minimum Gasteiger partial charge on any atom is -0.421 e. The number of morpholine rings is 1. The van der Waals surface area contributed by atoms with Gasteiger partial charge in [0.05, 0.1) is 13.2 Å². The van der Waals surface area contributed by atoms with Gasteiger partial charge in [0.15, 0.2) is 0 Å². The predicted octanol–water partition coefficient (Wildman–Crippen LogP) is 3.16. The summed E-state index contributed by atoms with van der Waals surface area (Å²) in [7, 11) is 1.82. The summed E-state index contributed by atoms with van der Waals surface area (Å²) in [6.45, 7) is 3.94. The Morgan fingerprint density at radius 1 is 1.03 bits per heavy atom. The monoisotopic (exact) mass is 406 g/mol. The molecule has 3 aromatic rings. The summed E-state index contributed by atoms with van der Waals surface area (Å²) in [5, 5.41) is 8.13. The van der Waals surface area contributed by atoms with Crippen LogP contribution in [-0.2, 0) is 22.5 Å². The molecule has 7 heteroatoms. The molecule has 30 heavy (non-hydrogen) atoms. The number of benzene rings is 2. The van der Waals surface area contributed by atoms with Crippen molar-refractivity contribution in [3.63, 3.8) is 0 Å². The Kier molecular flexibility index (Phi) is 6.39. The van der Waals surface area contributed by atoms with Crippen LogP contribution >= 0.6 is 0 Å². The molecule has 1 amide bonds. The number of anilines is 1. The lowest BCUT2D eigenvalue weighted by molar-refractivity contribution is -0.130. The van der Waals surface area contributed by atoms with Crippen molar-refractivity contribution in [1.82, 2.24) is 15.1 Å². The fraction of sp³-hybridized carbons (Fsp3) is 0.348. The molecule has 156 valence electrons. The fourth-order valence-electron chi connectivity index (χ4n) is 3.45. The molecule has 0 unspecified atom stereocenters. The third kappa shape index (κ3) is 5.04. The van der Waals surface area contributed by atoms with Gasteiger partial charge in [0.2, 0.25) is 17.7 Å². The van der Waals surface area contributed by atoms with E-state index in [-0.39, 0.29) is 5.91 Å². The molecule has 0 spiro atoms. The summed E-state index contributed by atoms with van der Waals surface area (Å²) in [6.07, 6.45) is 0.762. The SMILES string of the molecule is CN(Cc1ccc(N2CCOCC2)cc1)C(=O)CCc1nnc(-c2ccccc2)o1. The second-order valence-electron chi connectivity index (χ2n) is 7.38. The zero-order valence-electron chi connectivity index (χ0n) is 17.2. The summed E-state index contributed by atoms with van der Waals surface area (Å²) < 4.78 is 11.1. The highest BCUT2D eigenvalue weighted by atomic mass is 16.5. The van der Waals surface area contributed by atoms with E-state index < -0.39 is 0 Å². The Balaban J connectivity index is 1.27. The molecule has 0 saturated carbocycles. The van der Waals surface area contributed by atoms with Crippen molar-refractivity contribution in [2.75, 3.05) is 38.3 Å². The van der Waals surface area contributed by atoms with Crippen LogP contribution in [0.15, 0.2) is 59.0 Å². The number of rotatable bonds is 7. The zero-order valence-corrected chi connectivity index (χ0v) is 17.2. The Hall–Kier alpha value is -3.19. The van der Waals surface area contributed by atoms with E-state index in [1.807, 2.05) is 37.4 Å². The molecule has 1 fully saturated rings. The summed E-state index contributed by atoms with van der Waals surface area (Å²) in [4.78, 5) is 16.6. The molecule has 2 heterocycles. The van der Waals surface area contributed by atoms with Crippen molar-refractivity contribution in [2.24, 2.45) is 0 Å². The van der Waals surface area contributed by atoms with Gasteiger partial charge in [-0.3, -0.25) is 4.79 Å². The van der Waals surface area contributed by atoms with Gasteiger partial charge in [0, 0.05) is 50.8 Å². The van der Waals surface area contributed by atoms with Gasteiger partial charge in [-0.2, -0.15) is 0 Å². The lowest BCUT2D eigenvalue weighted by atomic mass is 10.1. The molecule has 1 saturated heterocycles. The van der Waals surface area contributed by atoms with E-state index >= 15 is 0 Å². The Bertz CT molecular complexity index is 950. The molecule has 2 aromatic carbocycles. The van der Waals surface area contributed by atoms with E-state index in [0.717, 1.165) is 37.4 Å². The number of hydrogen-bond acceptors (Lipinski definition) is 6. The van der Waals surface area contributed by atoms with E-state index in [1.165, 1.54) is 5.69 Å². The number of hydrogen-bond donors (Lipinski definition) is 0. The second kappa shape index (κ2) is 9.54. The van der Waals surface area contributed by atoms with Crippen LogP contribution in [0.5, 0.6) is 0 Å². The summed E-state index contributed by atoms with van der Waals surface area (Å²) >= 11 is 0. The highest BCUT2D eigenvalue weighted by molar-refractivity contribution is 5.76. The number of carbonyl (C=O) groups is 1. The van der Waals surface area contributed by atoms with E-state index in [0.29, 0.717) is 31.2 Å². The fourth-order valence-corrected chi connectivity index (χ4v) is 3.45. The van der Waals surface area contributed by atoms with Crippen molar-refractivity contribution in [1.29, 1.82) is 0 Å². The van der Waals surface area contributed by atoms with Crippen molar-refractivity contribution >= 4 is 11.6 Å². The summed E-state index contributed by atoms with van der Waals surface area (Å²) in [5.41, 5.74) is 3.17. The first-order valence-electron chi connectivity index (χ1n) is 10.2. The number of nitrogens with zero attached hydrogens (tertiary/aromatic N) is 4. The van der Waals surface area contributed by atoms with Gasteiger partial charge in [0.25, 0.3) is 0 Å². The van der Waals surface area contributed by atoms with E-state index in [4.69, 9.17) is 9.15 Å². The Labute approximate surface area is 176 Å². The van der Waals surface area contributed by atoms with Crippen LogP contribution in [0.3, 0.4) is 0 Å². The molecule has 0 N–H and O–H groups in total. The first-order valence-corrected chi connectivity index (χ1v) is 10.2. The highest BCUT2D eigenvalue weighted by Gasteiger charge is 2.14. The Morgan fingerprint density at radius 3 is 2.50 bits per heavy atom. The minimum atomic E-state index is 0.0479. The molecule has 7 nitrogen and oxygen atoms in total. The normalized spacial score (nSPS) is 14.0. The van der Waals surface area contributed by atoms with Crippen molar-refractivity contribution in [3.8, 4) is 11.5 Å². The van der Waals surface area contributed by atoms with Gasteiger partial charge < -0.3 is 19.0 Å². The van der Waals surface area contributed by atoms with Gasteiger partial charge in [-0.1, -0.05) is 30.3 Å². The maximum atomic E-state index is 12.5. The predicted molar refractivity (Wildman–Crippen MR) is 114 cm³/mol. The van der Waals surface area contributed by atoms with Crippen LogP contribution in [0.25, 0.3) is 11.5 Å². The average Bonchev–Trinajstić information content (AvgIpc) is 3.28. The molecular formula is C23H26N4O3. The van der Waals surface area contributed by atoms with Gasteiger partial charge in [-0.15, -0.1) is 10.2 Å². The van der Waals surface area contributed by atoms with Crippen LogP contribution in [0.2, 0.25) is 0 Å².